The summed E-state index contributed by atoms with van der Waals surface area (Å²) in [5.74, 6) is 0.676. The molecule has 1 fully saturated rings. The van der Waals surface area contributed by atoms with Crippen LogP contribution in [0.3, 0.4) is 0 Å². The third-order valence-electron chi connectivity index (χ3n) is 4.71. The standard InChI is InChI=1S/C18H33N3/c1-2-3-4-5-6-7-8-9-13-21-16-20-15-18(21)17-11-10-12-19-14-17/h15-17,19H,2-14H2,1H3. The van der Waals surface area contributed by atoms with Crippen molar-refractivity contribution in [1.82, 2.24) is 14.9 Å². The zero-order valence-electron chi connectivity index (χ0n) is 13.8. The Bertz CT molecular complexity index is 366. The van der Waals surface area contributed by atoms with E-state index >= 15 is 0 Å². The van der Waals surface area contributed by atoms with E-state index in [2.05, 4.69) is 28.0 Å². The van der Waals surface area contributed by atoms with Gasteiger partial charge in [-0.15, -0.1) is 0 Å². The molecule has 21 heavy (non-hydrogen) atoms. The maximum absolute atomic E-state index is 4.38. The number of imidazole rings is 1. The Kier molecular flexibility index (Phi) is 7.87. The predicted molar refractivity (Wildman–Crippen MR) is 89.7 cm³/mol. The van der Waals surface area contributed by atoms with E-state index in [4.69, 9.17) is 0 Å². The molecule has 0 aliphatic carbocycles. The smallest absolute Gasteiger partial charge is 0.0948 e. The summed E-state index contributed by atoms with van der Waals surface area (Å²) >= 11 is 0. The highest BCUT2D eigenvalue weighted by molar-refractivity contribution is 5.08. The summed E-state index contributed by atoms with van der Waals surface area (Å²) in [5.41, 5.74) is 1.45. The molecule has 0 spiro atoms. The molecule has 3 nitrogen and oxygen atoms in total. The lowest BCUT2D eigenvalue weighted by atomic mass is 9.96. The van der Waals surface area contributed by atoms with Gasteiger partial charge in [-0.05, 0) is 25.8 Å². The number of nitrogens with one attached hydrogen (secondary N) is 1. The molecule has 1 unspecified atom stereocenters. The normalized spacial score (nSPS) is 19.0. The van der Waals surface area contributed by atoms with Crippen LogP contribution in [0.25, 0.3) is 0 Å². The van der Waals surface area contributed by atoms with E-state index in [1.54, 1.807) is 0 Å². The molecule has 1 saturated heterocycles. The highest BCUT2D eigenvalue weighted by atomic mass is 15.1. The first-order chi connectivity index (χ1) is 10.4. The van der Waals surface area contributed by atoms with Crippen LogP contribution in [0.4, 0.5) is 0 Å². The Morgan fingerprint density at radius 3 is 2.62 bits per heavy atom. The summed E-state index contributed by atoms with van der Waals surface area (Å²) in [5, 5.41) is 3.51. The highest BCUT2D eigenvalue weighted by Crippen LogP contribution is 2.23. The van der Waals surface area contributed by atoms with Crippen molar-refractivity contribution in [3.63, 3.8) is 0 Å². The van der Waals surface area contributed by atoms with Crippen LogP contribution in [0.5, 0.6) is 0 Å². The van der Waals surface area contributed by atoms with Crippen LogP contribution in [-0.2, 0) is 6.54 Å². The first-order valence-corrected chi connectivity index (χ1v) is 9.12. The molecule has 0 amide bonds. The van der Waals surface area contributed by atoms with Crippen molar-refractivity contribution in [2.75, 3.05) is 13.1 Å². The molecular weight excluding hydrogens is 258 g/mol. The van der Waals surface area contributed by atoms with E-state index in [1.165, 1.54) is 76.4 Å². The number of rotatable bonds is 10. The zero-order chi connectivity index (χ0) is 14.8. The van der Waals surface area contributed by atoms with Crippen molar-refractivity contribution < 1.29 is 0 Å². The topological polar surface area (TPSA) is 29.9 Å². The molecular formula is C18H33N3. The number of aryl methyl sites for hydroxylation is 1. The second kappa shape index (κ2) is 9.99. The first-order valence-electron chi connectivity index (χ1n) is 9.12. The molecule has 2 heterocycles. The van der Waals surface area contributed by atoms with Crippen molar-refractivity contribution in [3.05, 3.63) is 18.2 Å². The first kappa shape index (κ1) is 16.5. The van der Waals surface area contributed by atoms with Gasteiger partial charge in [0.25, 0.3) is 0 Å². The van der Waals surface area contributed by atoms with E-state index in [0.29, 0.717) is 5.92 Å². The number of hydrogen-bond acceptors (Lipinski definition) is 2. The van der Waals surface area contributed by atoms with Crippen LogP contribution in [0, 0.1) is 0 Å². The fourth-order valence-electron chi connectivity index (χ4n) is 3.38. The average molecular weight is 291 g/mol. The Labute approximate surface area is 130 Å². The summed E-state index contributed by atoms with van der Waals surface area (Å²) in [7, 11) is 0. The molecule has 1 aliphatic heterocycles. The van der Waals surface area contributed by atoms with Gasteiger partial charge in [0.1, 0.15) is 0 Å². The second-order valence-corrected chi connectivity index (χ2v) is 6.53. The molecule has 1 aromatic rings. The Morgan fingerprint density at radius 2 is 1.90 bits per heavy atom. The molecule has 0 radical (unpaired) electrons. The molecule has 1 N–H and O–H groups in total. The second-order valence-electron chi connectivity index (χ2n) is 6.53. The van der Waals surface area contributed by atoms with Gasteiger partial charge in [-0.25, -0.2) is 4.98 Å². The summed E-state index contributed by atoms with van der Waals surface area (Å²) < 4.78 is 2.40. The quantitative estimate of drug-likeness (QED) is 0.644. The van der Waals surface area contributed by atoms with Gasteiger partial charge in [0, 0.05) is 30.9 Å². The Balaban J connectivity index is 1.61. The molecule has 1 aliphatic rings. The van der Waals surface area contributed by atoms with Gasteiger partial charge in [-0.2, -0.15) is 0 Å². The van der Waals surface area contributed by atoms with Crippen molar-refractivity contribution in [3.8, 4) is 0 Å². The Morgan fingerprint density at radius 1 is 1.14 bits per heavy atom. The molecule has 0 bridgehead atoms. The van der Waals surface area contributed by atoms with Crippen molar-refractivity contribution >= 4 is 0 Å². The number of piperidine rings is 1. The molecule has 120 valence electrons. The van der Waals surface area contributed by atoms with Crippen LogP contribution >= 0.6 is 0 Å². The van der Waals surface area contributed by atoms with E-state index in [0.717, 1.165) is 13.1 Å². The van der Waals surface area contributed by atoms with Crippen molar-refractivity contribution in [2.24, 2.45) is 0 Å². The summed E-state index contributed by atoms with van der Waals surface area (Å²) in [6.07, 6.45) is 17.8. The third-order valence-corrected chi connectivity index (χ3v) is 4.71. The fourth-order valence-corrected chi connectivity index (χ4v) is 3.38. The molecule has 0 saturated carbocycles. The largest absolute Gasteiger partial charge is 0.334 e. The lowest BCUT2D eigenvalue weighted by molar-refractivity contribution is 0.435. The SMILES string of the molecule is CCCCCCCCCCn1cncc1C1CCCNC1. The van der Waals surface area contributed by atoms with Gasteiger partial charge in [0.15, 0.2) is 0 Å². The number of nitrogens with zero attached hydrogens (tertiary/aromatic N) is 2. The third kappa shape index (κ3) is 5.82. The fraction of sp³-hybridized carbons (Fsp3) is 0.833. The monoisotopic (exact) mass is 291 g/mol. The van der Waals surface area contributed by atoms with Gasteiger partial charge in [-0.1, -0.05) is 51.9 Å². The molecule has 0 aromatic carbocycles. The van der Waals surface area contributed by atoms with Crippen LogP contribution < -0.4 is 5.32 Å². The van der Waals surface area contributed by atoms with Gasteiger partial charge >= 0.3 is 0 Å². The van der Waals surface area contributed by atoms with Gasteiger partial charge < -0.3 is 9.88 Å². The summed E-state index contributed by atoms with van der Waals surface area (Å²) in [6.45, 7) is 5.75. The molecule has 1 atom stereocenters. The van der Waals surface area contributed by atoms with E-state index in [-0.39, 0.29) is 0 Å². The van der Waals surface area contributed by atoms with E-state index < -0.39 is 0 Å². The lowest BCUT2D eigenvalue weighted by Crippen LogP contribution is -2.29. The maximum Gasteiger partial charge on any atom is 0.0948 e. The van der Waals surface area contributed by atoms with Gasteiger partial charge in [0.2, 0.25) is 0 Å². The highest BCUT2D eigenvalue weighted by Gasteiger charge is 2.18. The minimum absolute atomic E-state index is 0.676. The zero-order valence-corrected chi connectivity index (χ0v) is 13.8. The molecule has 1 aromatic heterocycles. The summed E-state index contributed by atoms with van der Waals surface area (Å²) in [6, 6.07) is 0. The van der Waals surface area contributed by atoms with Crippen molar-refractivity contribution in [2.45, 2.75) is 83.6 Å². The maximum atomic E-state index is 4.38. The Hall–Kier alpha value is -0.830. The number of aromatic nitrogens is 2. The lowest BCUT2D eigenvalue weighted by Gasteiger charge is -2.23. The van der Waals surface area contributed by atoms with Crippen LogP contribution in [0.15, 0.2) is 12.5 Å². The van der Waals surface area contributed by atoms with Gasteiger partial charge in [0.05, 0.1) is 6.33 Å². The molecule has 3 heteroatoms. The minimum atomic E-state index is 0.676. The number of unbranched alkanes of at least 4 members (excludes halogenated alkanes) is 7. The number of hydrogen-bond donors (Lipinski definition) is 1. The van der Waals surface area contributed by atoms with Crippen LogP contribution in [0.2, 0.25) is 0 Å². The minimum Gasteiger partial charge on any atom is -0.334 e. The van der Waals surface area contributed by atoms with Crippen LogP contribution in [-0.4, -0.2) is 22.6 Å². The summed E-state index contributed by atoms with van der Waals surface area (Å²) in [4.78, 5) is 4.38. The van der Waals surface area contributed by atoms with E-state index in [1.807, 2.05) is 6.33 Å². The molecule has 2 rings (SSSR count). The average Bonchev–Trinajstić information content (AvgIpc) is 2.99. The van der Waals surface area contributed by atoms with Crippen molar-refractivity contribution in [1.29, 1.82) is 0 Å². The van der Waals surface area contributed by atoms with E-state index in [9.17, 15) is 0 Å². The van der Waals surface area contributed by atoms with Gasteiger partial charge in [-0.3, -0.25) is 0 Å². The van der Waals surface area contributed by atoms with Crippen LogP contribution in [0.1, 0.15) is 82.7 Å². The predicted octanol–water partition coefficient (Wildman–Crippen LogP) is 4.49.